The molecule has 0 saturated heterocycles. The van der Waals surface area contributed by atoms with Gasteiger partial charge in [-0.3, -0.25) is 4.98 Å². The van der Waals surface area contributed by atoms with Gasteiger partial charge in [0.2, 0.25) is 0 Å². The molecule has 15 heavy (non-hydrogen) atoms. The highest BCUT2D eigenvalue weighted by molar-refractivity contribution is 5.50. The SMILES string of the molecule is Cc1cnccc1N(C)CCCCCO. The molecule has 0 saturated carbocycles. The number of unbranched alkanes of at least 4 members (excludes halogenated alkanes) is 2. The van der Waals surface area contributed by atoms with Crippen LogP contribution in [0, 0.1) is 6.92 Å². The number of hydrogen-bond acceptors (Lipinski definition) is 3. The van der Waals surface area contributed by atoms with Crippen LogP contribution in [0.25, 0.3) is 0 Å². The quantitative estimate of drug-likeness (QED) is 0.726. The Hall–Kier alpha value is -1.09. The van der Waals surface area contributed by atoms with Crippen molar-refractivity contribution in [2.24, 2.45) is 0 Å². The molecular weight excluding hydrogens is 188 g/mol. The number of aliphatic hydroxyl groups is 1. The van der Waals surface area contributed by atoms with Crippen molar-refractivity contribution in [3.63, 3.8) is 0 Å². The summed E-state index contributed by atoms with van der Waals surface area (Å²) in [4.78, 5) is 6.32. The predicted molar refractivity (Wildman–Crippen MR) is 63.2 cm³/mol. The van der Waals surface area contributed by atoms with E-state index in [0.717, 1.165) is 25.8 Å². The largest absolute Gasteiger partial charge is 0.396 e. The summed E-state index contributed by atoms with van der Waals surface area (Å²) in [6.07, 6.45) is 6.83. The van der Waals surface area contributed by atoms with Crippen molar-refractivity contribution in [2.75, 3.05) is 25.1 Å². The van der Waals surface area contributed by atoms with Crippen LogP contribution >= 0.6 is 0 Å². The summed E-state index contributed by atoms with van der Waals surface area (Å²) < 4.78 is 0. The first-order chi connectivity index (χ1) is 7.25. The zero-order valence-corrected chi connectivity index (χ0v) is 9.61. The molecule has 0 aliphatic rings. The van der Waals surface area contributed by atoms with Crippen molar-refractivity contribution < 1.29 is 5.11 Å². The number of pyridine rings is 1. The van der Waals surface area contributed by atoms with Gasteiger partial charge >= 0.3 is 0 Å². The standard InChI is InChI=1S/C12H20N2O/c1-11-10-13-7-6-12(11)14(2)8-4-3-5-9-15/h6-7,10,15H,3-5,8-9H2,1-2H3. The number of anilines is 1. The Labute approximate surface area is 91.8 Å². The minimum Gasteiger partial charge on any atom is -0.396 e. The molecule has 3 heteroatoms. The minimum atomic E-state index is 0.304. The van der Waals surface area contributed by atoms with Crippen molar-refractivity contribution >= 4 is 5.69 Å². The van der Waals surface area contributed by atoms with Crippen LogP contribution in [0.15, 0.2) is 18.5 Å². The Balaban J connectivity index is 2.40. The fraction of sp³-hybridized carbons (Fsp3) is 0.583. The van der Waals surface area contributed by atoms with E-state index in [-0.39, 0.29) is 0 Å². The molecule has 1 heterocycles. The molecule has 0 aliphatic carbocycles. The molecule has 0 atom stereocenters. The lowest BCUT2D eigenvalue weighted by Gasteiger charge is -2.20. The number of aromatic nitrogens is 1. The van der Waals surface area contributed by atoms with Crippen LogP contribution in [-0.2, 0) is 0 Å². The van der Waals surface area contributed by atoms with E-state index in [1.165, 1.54) is 11.3 Å². The number of hydrogen-bond donors (Lipinski definition) is 1. The summed E-state index contributed by atoms with van der Waals surface area (Å²) >= 11 is 0. The molecule has 0 fully saturated rings. The molecule has 0 aromatic carbocycles. The van der Waals surface area contributed by atoms with Gasteiger partial charge in [0.1, 0.15) is 0 Å². The van der Waals surface area contributed by atoms with Crippen LogP contribution < -0.4 is 4.90 Å². The zero-order chi connectivity index (χ0) is 11.1. The van der Waals surface area contributed by atoms with Gasteiger partial charge < -0.3 is 10.0 Å². The summed E-state index contributed by atoms with van der Waals surface area (Å²) in [5.41, 5.74) is 2.45. The van der Waals surface area contributed by atoms with Crippen molar-refractivity contribution in [1.82, 2.24) is 4.98 Å². The van der Waals surface area contributed by atoms with Gasteiger partial charge in [-0.2, -0.15) is 0 Å². The maximum Gasteiger partial charge on any atom is 0.0431 e. The second kappa shape index (κ2) is 6.40. The van der Waals surface area contributed by atoms with Crippen LogP contribution in [0.3, 0.4) is 0 Å². The lowest BCUT2D eigenvalue weighted by molar-refractivity contribution is 0.283. The van der Waals surface area contributed by atoms with Crippen LogP contribution in [-0.4, -0.2) is 30.3 Å². The van der Waals surface area contributed by atoms with Crippen LogP contribution in [0.2, 0.25) is 0 Å². The maximum absolute atomic E-state index is 8.67. The van der Waals surface area contributed by atoms with E-state index in [1.54, 1.807) is 0 Å². The molecule has 0 bridgehead atoms. The second-order valence-electron chi connectivity index (χ2n) is 3.87. The number of nitrogens with zero attached hydrogens (tertiary/aromatic N) is 2. The molecule has 0 aliphatic heterocycles. The molecular formula is C12H20N2O. The van der Waals surface area contributed by atoms with Gasteiger partial charge in [-0.25, -0.2) is 0 Å². The molecule has 0 radical (unpaired) electrons. The van der Waals surface area contributed by atoms with Crippen molar-refractivity contribution in [3.8, 4) is 0 Å². The van der Waals surface area contributed by atoms with Gasteiger partial charge in [0, 0.05) is 38.3 Å². The van der Waals surface area contributed by atoms with Crippen LogP contribution in [0.4, 0.5) is 5.69 Å². The predicted octanol–water partition coefficient (Wildman–Crippen LogP) is 1.99. The molecule has 0 spiro atoms. The third-order valence-corrected chi connectivity index (χ3v) is 2.55. The maximum atomic E-state index is 8.67. The molecule has 0 unspecified atom stereocenters. The first kappa shape index (κ1) is 12.0. The lowest BCUT2D eigenvalue weighted by atomic mass is 10.2. The van der Waals surface area contributed by atoms with Crippen molar-refractivity contribution in [2.45, 2.75) is 26.2 Å². The third-order valence-electron chi connectivity index (χ3n) is 2.55. The topological polar surface area (TPSA) is 36.4 Å². The average molecular weight is 208 g/mol. The first-order valence-corrected chi connectivity index (χ1v) is 5.48. The van der Waals surface area contributed by atoms with E-state index in [4.69, 9.17) is 5.11 Å². The highest BCUT2D eigenvalue weighted by atomic mass is 16.2. The van der Waals surface area contributed by atoms with E-state index >= 15 is 0 Å². The van der Waals surface area contributed by atoms with E-state index < -0.39 is 0 Å². The third kappa shape index (κ3) is 3.88. The zero-order valence-electron chi connectivity index (χ0n) is 9.61. The van der Waals surface area contributed by atoms with E-state index in [9.17, 15) is 0 Å². The van der Waals surface area contributed by atoms with Gasteiger partial charge in [0.05, 0.1) is 0 Å². The first-order valence-electron chi connectivity index (χ1n) is 5.48. The second-order valence-corrected chi connectivity index (χ2v) is 3.87. The molecule has 3 nitrogen and oxygen atoms in total. The number of aryl methyl sites for hydroxylation is 1. The number of rotatable bonds is 6. The monoisotopic (exact) mass is 208 g/mol. The molecule has 1 aromatic heterocycles. The highest BCUT2D eigenvalue weighted by Crippen LogP contribution is 2.16. The number of aliphatic hydroxyl groups excluding tert-OH is 1. The molecule has 0 amide bonds. The van der Waals surface area contributed by atoms with E-state index in [0.29, 0.717) is 6.61 Å². The van der Waals surface area contributed by atoms with Gasteiger partial charge in [0.25, 0.3) is 0 Å². The normalized spacial score (nSPS) is 10.3. The molecule has 1 rings (SSSR count). The molecule has 84 valence electrons. The Morgan fingerprint density at radius 3 is 2.80 bits per heavy atom. The summed E-state index contributed by atoms with van der Waals surface area (Å²) in [5.74, 6) is 0. The highest BCUT2D eigenvalue weighted by Gasteiger charge is 2.02. The van der Waals surface area contributed by atoms with Crippen LogP contribution in [0.5, 0.6) is 0 Å². The van der Waals surface area contributed by atoms with Gasteiger partial charge in [0.15, 0.2) is 0 Å². The molecule has 1 N–H and O–H groups in total. The Kier molecular flexibility index (Phi) is 5.12. The Bertz CT molecular complexity index is 289. The lowest BCUT2D eigenvalue weighted by Crippen LogP contribution is -2.19. The fourth-order valence-corrected chi connectivity index (χ4v) is 1.65. The van der Waals surface area contributed by atoms with E-state index in [1.807, 2.05) is 18.5 Å². The van der Waals surface area contributed by atoms with Gasteiger partial charge in [-0.1, -0.05) is 0 Å². The summed E-state index contributed by atoms with van der Waals surface area (Å²) in [7, 11) is 2.10. The molecule has 1 aromatic rings. The Morgan fingerprint density at radius 2 is 2.13 bits per heavy atom. The summed E-state index contributed by atoms with van der Waals surface area (Å²) in [6.45, 7) is 3.41. The van der Waals surface area contributed by atoms with Crippen LogP contribution in [0.1, 0.15) is 24.8 Å². The smallest absolute Gasteiger partial charge is 0.0431 e. The minimum absolute atomic E-state index is 0.304. The fourth-order valence-electron chi connectivity index (χ4n) is 1.65. The summed E-state index contributed by atoms with van der Waals surface area (Å²) in [5, 5.41) is 8.67. The van der Waals surface area contributed by atoms with Crippen molar-refractivity contribution in [3.05, 3.63) is 24.0 Å². The van der Waals surface area contributed by atoms with E-state index in [2.05, 4.69) is 23.9 Å². The Morgan fingerprint density at radius 1 is 1.33 bits per heavy atom. The van der Waals surface area contributed by atoms with Gasteiger partial charge in [-0.15, -0.1) is 0 Å². The van der Waals surface area contributed by atoms with Gasteiger partial charge in [-0.05, 0) is 37.8 Å². The van der Waals surface area contributed by atoms with Crippen molar-refractivity contribution in [1.29, 1.82) is 0 Å². The average Bonchev–Trinajstić information content (AvgIpc) is 2.25. The summed E-state index contributed by atoms with van der Waals surface area (Å²) in [6, 6.07) is 2.04.